The van der Waals surface area contributed by atoms with Gasteiger partial charge in [-0.05, 0) is 74.0 Å². The Labute approximate surface area is 140 Å². The van der Waals surface area contributed by atoms with Crippen molar-refractivity contribution in [3.05, 3.63) is 0 Å². The molecule has 23 heavy (non-hydrogen) atoms. The number of ketones is 1. The maximum absolute atomic E-state index is 12.5. The van der Waals surface area contributed by atoms with E-state index in [1.54, 1.807) is 0 Å². The fraction of sp³-hybridized carbons (Fsp3) is 0.857. The molecule has 1 N–H and O–H groups in total. The van der Waals surface area contributed by atoms with E-state index in [4.69, 9.17) is 6.42 Å². The number of carbonyl (C=O) groups is 1. The van der Waals surface area contributed by atoms with E-state index in [1.165, 1.54) is 12.8 Å². The van der Waals surface area contributed by atoms with E-state index < -0.39 is 0 Å². The second-order valence-corrected chi connectivity index (χ2v) is 9.28. The van der Waals surface area contributed by atoms with Crippen molar-refractivity contribution in [3.63, 3.8) is 0 Å². The molecule has 4 rings (SSSR count). The number of Topliss-reactive ketones (excluding diaryl/α,β-unsaturated/α-hetero) is 1. The van der Waals surface area contributed by atoms with Crippen LogP contribution in [0.5, 0.6) is 0 Å². The van der Waals surface area contributed by atoms with Gasteiger partial charge in [-0.15, -0.1) is 12.3 Å². The van der Waals surface area contributed by atoms with Gasteiger partial charge in [0.25, 0.3) is 0 Å². The van der Waals surface area contributed by atoms with Gasteiger partial charge in [0.2, 0.25) is 0 Å². The van der Waals surface area contributed by atoms with Gasteiger partial charge in [0.15, 0.2) is 0 Å². The molecule has 2 nitrogen and oxygen atoms in total. The second-order valence-electron chi connectivity index (χ2n) is 9.28. The summed E-state index contributed by atoms with van der Waals surface area (Å²) in [7, 11) is 0. The van der Waals surface area contributed by atoms with Gasteiger partial charge in [0.1, 0.15) is 5.78 Å². The van der Waals surface area contributed by atoms with Gasteiger partial charge in [-0.1, -0.05) is 13.8 Å². The lowest BCUT2D eigenvalue weighted by atomic mass is 9.43. The Morgan fingerprint density at radius 2 is 1.91 bits per heavy atom. The van der Waals surface area contributed by atoms with E-state index in [-0.39, 0.29) is 22.9 Å². The first-order valence-electron chi connectivity index (χ1n) is 9.58. The zero-order valence-corrected chi connectivity index (χ0v) is 14.6. The zero-order valence-electron chi connectivity index (χ0n) is 14.6. The highest BCUT2D eigenvalue weighted by Crippen LogP contribution is 2.66. The highest BCUT2D eigenvalue weighted by atomic mass is 16.3. The maximum Gasteiger partial charge on any atom is 0.139 e. The average molecular weight is 314 g/mol. The van der Waals surface area contributed by atoms with Crippen molar-refractivity contribution >= 4 is 5.78 Å². The Hall–Kier alpha value is -0.810. The molecule has 3 unspecified atom stereocenters. The summed E-state index contributed by atoms with van der Waals surface area (Å²) in [5.74, 6) is 6.24. The molecule has 0 saturated heterocycles. The van der Waals surface area contributed by atoms with Crippen molar-refractivity contribution in [2.24, 2.45) is 40.4 Å². The SMILES string of the molecule is C#CC1CC(O)CC2CC[C@@H]3[C@@H](CC[C@]4(C)C(=O)CC[C@@H]34)[C@@]12C. The van der Waals surface area contributed by atoms with Gasteiger partial charge < -0.3 is 5.11 Å². The number of fused-ring (bicyclic) bond motifs is 5. The van der Waals surface area contributed by atoms with Crippen LogP contribution in [0, 0.1) is 52.8 Å². The Morgan fingerprint density at radius 3 is 2.65 bits per heavy atom. The Morgan fingerprint density at radius 1 is 1.13 bits per heavy atom. The van der Waals surface area contributed by atoms with Crippen LogP contribution in [-0.2, 0) is 4.79 Å². The van der Waals surface area contributed by atoms with Crippen LogP contribution in [-0.4, -0.2) is 17.0 Å². The van der Waals surface area contributed by atoms with Crippen LogP contribution in [0.4, 0.5) is 0 Å². The molecule has 2 heteroatoms. The normalized spacial score (nSPS) is 55.5. The van der Waals surface area contributed by atoms with Crippen molar-refractivity contribution in [2.45, 2.75) is 71.3 Å². The molecule has 126 valence electrons. The number of terminal acetylenes is 1. The van der Waals surface area contributed by atoms with E-state index in [0.717, 1.165) is 38.5 Å². The quantitative estimate of drug-likeness (QED) is 0.690. The lowest BCUT2D eigenvalue weighted by molar-refractivity contribution is -0.149. The van der Waals surface area contributed by atoms with Crippen molar-refractivity contribution in [1.82, 2.24) is 0 Å². The van der Waals surface area contributed by atoms with Gasteiger partial charge >= 0.3 is 0 Å². The second kappa shape index (κ2) is 5.09. The monoisotopic (exact) mass is 314 g/mol. The minimum absolute atomic E-state index is 0.0514. The molecule has 8 atom stereocenters. The Kier molecular flexibility index (Phi) is 3.48. The summed E-state index contributed by atoms with van der Waals surface area (Å²) < 4.78 is 0. The number of hydrogen-bond acceptors (Lipinski definition) is 2. The predicted molar refractivity (Wildman–Crippen MR) is 90.4 cm³/mol. The summed E-state index contributed by atoms with van der Waals surface area (Å²) in [6.07, 6.45) is 13.9. The van der Waals surface area contributed by atoms with E-state index in [2.05, 4.69) is 19.8 Å². The third kappa shape index (κ3) is 1.95. The first-order valence-corrected chi connectivity index (χ1v) is 9.58. The molecule has 4 aliphatic carbocycles. The highest BCUT2D eigenvalue weighted by molar-refractivity contribution is 5.87. The third-order valence-electron chi connectivity index (χ3n) is 8.69. The maximum atomic E-state index is 12.5. The molecular weight excluding hydrogens is 284 g/mol. The smallest absolute Gasteiger partial charge is 0.139 e. The molecule has 0 aromatic heterocycles. The first kappa shape index (κ1) is 15.7. The molecule has 0 aromatic carbocycles. The predicted octanol–water partition coefficient (Wildman–Crippen LogP) is 3.82. The summed E-state index contributed by atoms with van der Waals surface area (Å²) in [6.45, 7) is 4.66. The number of rotatable bonds is 0. The summed E-state index contributed by atoms with van der Waals surface area (Å²) >= 11 is 0. The standard InChI is InChI=1S/C21H30O2/c1-4-13-11-15(22)12-14-5-6-16-17-7-8-19(23)20(17,2)10-9-18(16)21(13,14)3/h1,13-18,22H,5-12H2,2-3H3/t13?,14?,15?,16-,17-,18+,20-,21-/m0/s1. The van der Waals surface area contributed by atoms with Gasteiger partial charge in [-0.25, -0.2) is 0 Å². The summed E-state index contributed by atoms with van der Waals surface area (Å²) in [4.78, 5) is 12.5. The van der Waals surface area contributed by atoms with E-state index >= 15 is 0 Å². The molecule has 0 bridgehead atoms. The molecule has 4 fully saturated rings. The fourth-order valence-corrected chi connectivity index (χ4v) is 7.35. The Balaban J connectivity index is 1.70. The van der Waals surface area contributed by atoms with Crippen LogP contribution in [0.2, 0.25) is 0 Å². The number of hydrogen-bond donors (Lipinski definition) is 1. The molecule has 0 heterocycles. The first-order chi connectivity index (χ1) is 10.9. The molecule has 0 aromatic rings. The highest BCUT2D eigenvalue weighted by Gasteiger charge is 2.62. The molecular formula is C21H30O2. The van der Waals surface area contributed by atoms with Crippen LogP contribution >= 0.6 is 0 Å². The third-order valence-corrected chi connectivity index (χ3v) is 8.69. The summed E-state index contributed by atoms with van der Waals surface area (Å²) in [6, 6.07) is 0. The van der Waals surface area contributed by atoms with Crippen LogP contribution in [0.15, 0.2) is 0 Å². The van der Waals surface area contributed by atoms with Crippen LogP contribution in [0.3, 0.4) is 0 Å². The Bertz CT molecular complexity index is 561. The van der Waals surface area contributed by atoms with Crippen molar-refractivity contribution < 1.29 is 9.90 Å². The number of carbonyl (C=O) groups excluding carboxylic acids is 1. The molecule has 0 radical (unpaired) electrons. The van der Waals surface area contributed by atoms with Gasteiger partial charge in [0.05, 0.1) is 6.10 Å². The van der Waals surface area contributed by atoms with Gasteiger partial charge in [-0.2, -0.15) is 0 Å². The average Bonchev–Trinajstić information content (AvgIpc) is 2.83. The van der Waals surface area contributed by atoms with Gasteiger partial charge in [-0.3, -0.25) is 4.79 Å². The van der Waals surface area contributed by atoms with E-state index in [0.29, 0.717) is 29.5 Å². The van der Waals surface area contributed by atoms with Crippen molar-refractivity contribution in [3.8, 4) is 12.3 Å². The number of aliphatic hydroxyl groups is 1. The van der Waals surface area contributed by atoms with Crippen LogP contribution < -0.4 is 0 Å². The lowest BCUT2D eigenvalue weighted by Gasteiger charge is -2.61. The minimum atomic E-state index is -0.215. The lowest BCUT2D eigenvalue weighted by Crippen LogP contribution is -2.57. The van der Waals surface area contributed by atoms with Crippen LogP contribution in [0.1, 0.15) is 65.2 Å². The molecule has 0 amide bonds. The molecule has 4 aliphatic rings. The summed E-state index contributed by atoms with van der Waals surface area (Å²) in [5.41, 5.74) is 0.119. The summed E-state index contributed by atoms with van der Waals surface area (Å²) in [5, 5.41) is 10.2. The van der Waals surface area contributed by atoms with Crippen LogP contribution in [0.25, 0.3) is 0 Å². The fourth-order valence-electron chi connectivity index (χ4n) is 7.35. The van der Waals surface area contributed by atoms with E-state index in [1.807, 2.05) is 0 Å². The van der Waals surface area contributed by atoms with Gasteiger partial charge in [0, 0.05) is 17.8 Å². The molecule has 4 saturated carbocycles. The molecule has 0 spiro atoms. The topological polar surface area (TPSA) is 37.3 Å². The molecule has 0 aliphatic heterocycles. The minimum Gasteiger partial charge on any atom is -0.393 e. The van der Waals surface area contributed by atoms with E-state index in [9.17, 15) is 9.90 Å². The van der Waals surface area contributed by atoms with Crippen molar-refractivity contribution in [1.29, 1.82) is 0 Å². The largest absolute Gasteiger partial charge is 0.393 e. The van der Waals surface area contributed by atoms with Crippen molar-refractivity contribution in [2.75, 3.05) is 0 Å². The zero-order chi connectivity index (χ0) is 16.4. The number of aliphatic hydroxyl groups excluding tert-OH is 1.